The molecule has 0 spiro atoms. The van der Waals surface area contributed by atoms with Gasteiger partial charge in [0.1, 0.15) is 0 Å². The van der Waals surface area contributed by atoms with Crippen molar-refractivity contribution in [3.05, 3.63) is 72.8 Å². The summed E-state index contributed by atoms with van der Waals surface area (Å²) < 4.78 is 3.07. The summed E-state index contributed by atoms with van der Waals surface area (Å²) >= 11 is -0.217. The van der Waals surface area contributed by atoms with E-state index < -0.39 is 0 Å². The van der Waals surface area contributed by atoms with E-state index in [1.165, 1.54) is 18.3 Å². The van der Waals surface area contributed by atoms with Crippen molar-refractivity contribution >= 4 is 20.4 Å². The molecule has 1 aromatic heterocycles. The van der Waals surface area contributed by atoms with Crippen LogP contribution in [0, 0.1) is 0 Å². The van der Waals surface area contributed by atoms with Crippen molar-refractivity contribution in [1.29, 1.82) is 0 Å². The number of benzene rings is 2. The van der Waals surface area contributed by atoms with Gasteiger partial charge in [0, 0.05) is 0 Å². The molecule has 1 heteroatoms. The van der Waals surface area contributed by atoms with Crippen LogP contribution in [0.2, 0.25) is 0 Å². The molecule has 0 fully saturated rings. The molecule has 82 valence electrons. The Labute approximate surface area is 111 Å². The third kappa shape index (κ3) is 2.36. The molecule has 0 saturated heterocycles. The minimum atomic E-state index is -0.217. The maximum absolute atomic E-state index is 2.29. The fraction of sp³-hybridized carbons (Fsp3) is 0. The zero-order chi connectivity index (χ0) is 11.5. The van der Waals surface area contributed by atoms with Gasteiger partial charge in [-0.1, -0.05) is 0 Å². The number of hydrogen-bond donors (Lipinski definition) is 0. The van der Waals surface area contributed by atoms with Crippen LogP contribution >= 0.6 is 0 Å². The average Bonchev–Trinajstić information content (AvgIpc) is 2.90. The van der Waals surface area contributed by atoms with Gasteiger partial charge < -0.3 is 0 Å². The molecule has 0 amide bonds. The van der Waals surface area contributed by atoms with E-state index in [2.05, 4.69) is 72.8 Å². The van der Waals surface area contributed by atoms with E-state index in [4.69, 9.17) is 0 Å². The average molecular weight is 332 g/mol. The first kappa shape index (κ1) is 10.8. The summed E-state index contributed by atoms with van der Waals surface area (Å²) in [6, 6.07) is 26.0. The van der Waals surface area contributed by atoms with E-state index in [-0.39, 0.29) is 20.4 Å². The van der Waals surface area contributed by atoms with Gasteiger partial charge in [-0.25, -0.2) is 0 Å². The molecule has 0 bridgehead atoms. The molecule has 0 aliphatic heterocycles. The van der Waals surface area contributed by atoms with Gasteiger partial charge in [-0.3, -0.25) is 0 Å². The fourth-order valence-electron chi connectivity index (χ4n) is 1.85. The molecule has 0 nitrogen and oxygen atoms in total. The van der Waals surface area contributed by atoms with Crippen LogP contribution in [0.25, 0.3) is 18.3 Å². The summed E-state index contributed by atoms with van der Waals surface area (Å²) in [6.45, 7) is 0. The van der Waals surface area contributed by atoms with E-state index in [0.29, 0.717) is 0 Å². The van der Waals surface area contributed by atoms with E-state index in [9.17, 15) is 0 Å². The maximum atomic E-state index is 2.29. The predicted octanol–water partition coefficient (Wildman–Crippen LogP) is 4.08. The van der Waals surface area contributed by atoms with Gasteiger partial charge in [0.2, 0.25) is 0 Å². The Morgan fingerprint density at radius 2 is 0.882 bits per heavy atom. The summed E-state index contributed by atoms with van der Waals surface area (Å²) in [7, 11) is 0. The van der Waals surface area contributed by atoms with Crippen molar-refractivity contribution < 1.29 is 0 Å². The summed E-state index contributed by atoms with van der Waals surface area (Å²) in [5.41, 5.74) is 2.77. The van der Waals surface area contributed by atoms with E-state index >= 15 is 0 Å². The van der Waals surface area contributed by atoms with Crippen molar-refractivity contribution in [2.24, 2.45) is 0 Å². The normalized spacial score (nSPS) is 10.4. The molecule has 0 aliphatic rings. The van der Waals surface area contributed by atoms with Crippen LogP contribution in [0.4, 0.5) is 0 Å². The van der Waals surface area contributed by atoms with E-state index in [0.717, 1.165) is 0 Å². The SMILES string of the molecule is c1ccc(-c2ccc(-c3ccccc3)[te]2)cc1. The molecule has 0 saturated carbocycles. The van der Waals surface area contributed by atoms with Crippen molar-refractivity contribution in [2.45, 2.75) is 0 Å². The molecule has 0 N–H and O–H groups in total. The Hall–Kier alpha value is -1.29. The third-order valence-corrected chi connectivity index (χ3v) is 6.10. The van der Waals surface area contributed by atoms with Gasteiger partial charge in [0.25, 0.3) is 0 Å². The Kier molecular flexibility index (Phi) is 3.14. The van der Waals surface area contributed by atoms with Crippen molar-refractivity contribution in [2.75, 3.05) is 0 Å². The van der Waals surface area contributed by atoms with Gasteiger partial charge in [-0.05, 0) is 0 Å². The first-order valence-corrected chi connectivity index (χ1v) is 7.97. The second-order valence-corrected chi connectivity index (χ2v) is 6.99. The van der Waals surface area contributed by atoms with Crippen molar-refractivity contribution in [3.63, 3.8) is 0 Å². The van der Waals surface area contributed by atoms with Crippen LogP contribution in [0.1, 0.15) is 0 Å². The quantitative estimate of drug-likeness (QED) is 0.621. The predicted molar refractivity (Wildman–Crippen MR) is 74.3 cm³/mol. The molecule has 1 heterocycles. The van der Waals surface area contributed by atoms with Crippen LogP contribution in [-0.2, 0) is 0 Å². The molecular formula is C16H12Te. The topological polar surface area (TPSA) is 0 Å². The Morgan fingerprint density at radius 3 is 1.29 bits per heavy atom. The Bertz CT molecular complexity index is 540. The fourth-order valence-corrected chi connectivity index (χ4v) is 4.76. The standard InChI is InChI=1S/C16H12Te/c1-3-7-13(8-4-1)15-11-12-16(17-15)14-9-5-2-6-10-14/h1-12H. The molecule has 3 rings (SSSR count). The van der Waals surface area contributed by atoms with Gasteiger partial charge in [-0.15, -0.1) is 0 Å². The zero-order valence-electron chi connectivity index (χ0n) is 9.34. The number of hydrogen-bond acceptors (Lipinski definition) is 0. The molecule has 2 aromatic carbocycles. The Morgan fingerprint density at radius 1 is 0.471 bits per heavy atom. The van der Waals surface area contributed by atoms with Gasteiger partial charge >= 0.3 is 112 Å². The van der Waals surface area contributed by atoms with E-state index in [1.807, 2.05) is 0 Å². The van der Waals surface area contributed by atoms with Crippen LogP contribution in [0.15, 0.2) is 72.8 Å². The van der Waals surface area contributed by atoms with Crippen molar-refractivity contribution in [1.82, 2.24) is 0 Å². The second-order valence-electron chi connectivity index (χ2n) is 3.90. The van der Waals surface area contributed by atoms with Gasteiger partial charge in [0.15, 0.2) is 0 Å². The summed E-state index contributed by atoms with van der Waals surface area (Å²) in [5.74, 6) is 0. The molecule has 0 radical (unpaired) electrons. The van der Waals surface area contributed by atoms with Crippen LogP contribution < -0.4 is 0 Å². The van der Waals surface area contributed by atoms with Crippen LogP contribution in [0.3, 0.4) is 0 Å². The first-order valence-electron chi connectivity index (χ1n) is 5.64. The van der Waals surface area contributed by atoms with Crippen LogP contribution in [-0.4, -0.2) is 20.4 Å². The summed E-state index contributed by atoms with van der Waals surface area (Å²) in [4.78, 5) is 0. The molecule has 0 atom stereocenters. The third-order valence-electron chi connectivity index (χ3n) is 2.72. The first-order chi connectivity index (χ1) is 8.43. The summed E-state index contributed by atoms with van der Waals surface area (Å²) in [5, 5.41) is 0. The minimum absolute atomic E-state index is 0.217. The molecule has 0 unspecified atom stereocenters. The second kappa shape index (κ2) is 4.92. The Balaban J connectivity index is 1.99. The van der Waals surface area contributed by atoms with Gasteiger partial charge in [-0.2, -0.15) is 0 Å². The summed E-state index contributed by atoms with van der Waals surface area (Å²) in [6.07, 6.45) is 0. The van der Waals surface area contributed by atoms with Crippen LogP contribution in [0.5, 0.6) is 0 Å². The van der Waals surface area contributed by atoms with Crippen molar-refractivity contribution in [3.8, 4) is 18.3 Å². The van der Waals surface area contributed by atoms with Gasteiger partial charge in [0.05, 0.1) is 0 Å². The van der Waals surface area contributed by atoms with E-state index in [1.54, 1.807) is 0 Å². The number of rotatable bonds is 2. The zero-order valence-corrected chi connectivity index (χ0v) is 11.7. The monoisotopic (exact) mass is 334 g/mol. The molecule has 17 heavy (non-hydrogen) atoms. The molecular weight excluding hydrogens is 320 g/mol. The molecule has 3 aromatic rings. The molecule has 0 aliphatic carbocycles.